The second-order valence-electron chi connectivity index (χ2n) is 6.12. The third-order valence-corrected chi connectivity index (χ3v) is 4.60. The normalized spacial score (nSPS) is 18.5. The van der Waals surface area contributed by atoms with Crippen LogP contribution in [0.25, 0.3) is 0 Å². The molecule has 24 heavy (non-hydrogen) atoms. The highest BCUT2D eigenvalue weighted by atomic mass is 16.2. The van der Waals surface area contributed by atoms with Crippen LogP contribution in [-0.4, -0.2) is 29.4 Å². The Kier molecular flexibility index (Phi) is 4.62. The Morgan fingerprint density at radius 1 is 1.12 bits per heavy atom. The van der Waals surface area contributed by atoms with E-state index in [1.165, 1.54) is 16.7 Å². The van der Waals surface area contributed by atoms with Crippen molar-refractivity contribution in [2.24, 2.45) is 5.73 Å². The van der Waals surface area contributed by atoms with Crippen molar-refractivity contribution in [1.29, 1.82) is 0 Å². The number of hydrogen-bond donors (Lipinski definition) is 2. The van der Waals surface area contributed by atoms with Crippen molar-refractivity contribution < 1.29 is 9.59 Å². The molecule has 0 fully saturated rings. The van der Waals surface area contributed by atoms with Gasteiger partial charge in [-0.3, -0.25) is 15.0 Å². The molecule has 1 aliphatic rings. The summed E-state index contributed by atoms with van der Waals surface area (Å²) in [6, 6.07) is 17.3. The SMILES string of the molecule is C[C@H](C(=O)NC(N)=O)N1Cc2ccccc2[C@H](c2ccccc2)C1. The third-order valence-electron chi connectivity index (χ3n) is 4.60. The maximum atomic E-state index is 12.2. The molecule has 0 spiro atoms. The summed E-state index contributed by atoms with van der Waals surface area (Å²) >= 11 is 0. The highest BCUT2D eigenvalue weighted by Crippen LogP contribution is 2.34. The standard InChI is InChI=1S/C19H21N3O2/c1-13(18(23)21-19(20)24)22-11-15-9-5-6-10-16(15)17(12-22)14-7-3-2-4-8-14/h2-10,13,17H,11-12H2,1H3,(H3,20,21,23,24)/t13-,17+/m1/s1. The second-order valence-corrected chi connectivity index (χ2v) is 6.12. The Labute approximate surface area is 141 Å². The molecule has 0 saturated heterocycles. The number of carbonyl (C=O) groups excluding carboxylic acids is 2. The minimum atomic E-state index is -0.816. The lowest BCUT2D eigenvalue weighted by molar-refractivity contribution is -0.125. The summed E-state index contributed by atoms with van der Waals surface area (Å²) in [5.41, 5.74) is 8.78. The lowest BCUT2D eigenvalue weighted by Gasteiger charge is -2.37. The van der Waals surface area contributed by atoms with Crippen molar-refractivity contribution in [3.05, 3.63) is 71.3 Å². The third kappa shape index (κ3) is 3.31. The molecule has 2 aromatic carbocycles. The summed E-state index contributed by atoms with van der Waals surface area (Å²) in [6.45, 7) is 3.19. The minimum Gasteiger partial charge on any atom is -0.351 e. The van der Waals surface area contributed by atoms with Gasteiger partial charge in [-0.1, -0.05) is 54.6 Å². The van der Waals surface area contributed by atoms with Crippen molar-refractivity contribution in [2.45, 2.75) is 25.4 Å². The van der Waals surface area contributed by atoms with E-state index in [-0.39, 0.29) is 11.8 Å². The van der Waals surface area contributed by atoms with E-state index < -0.39 is 12.1 Å². The summed E-state index contributed by atoms with van der Waals surface area (Å²) in [7, 11) is 0. The molecule has 0 bridgehead atoms. The molecule has 5 nitrogen and oxygen atoms in total. The molecule has 124 valence electrons. The average molecular weight is 323 g/mol. The van der Waals surface area contributed by atoms with E-state index in [0.717, 1.165) is 0 Å². The van der Waals surface area contributed by atoms with Crippen LogP contribution in [0.5, 0.6) is 0 Å². The van der Waals surface area contributed by atoms with E-state index in [9.17, 15) is 9.59 Å². The van der Waals surface area contributed by atoms with Gasteiger partial charge in [-0.05, 0) is 23.6 Å². The zero-order valence-corrected chi connectivity index (χ0v) is 13.6. The zero-order valence-electron chi connectivity index (χ0n) is 13.6. The molecular weight excluding hydrogens is 302 g/mol. The van der Waals surface area contributed by atoms with Gasteiger partial charge < -0.3 is 5.73 Å². The van der Waals surface area contributed by atoms with Crippen molar-refractivity contribution in [3.63, 3.8) is 0 Å². The first-order valence-electron chi connectivity index (χ1n) is 8.03. The van der Waals surface area contributed by atoms with Gasteiger partial charge in [0, 0.05) is 19.0 Å². The topological polar surface area (TPSA) is 75.4 Å². The van der Waals surface area contributed by atoms with Crippen LogP contribution in [0.15, 0.2) is 54.6 Å². The lowest BCUT2D eigenvalue weighted by atomic mass is 9.84. The first kappa shape index (κ1) is 16.2. The highest BCUT2D eigenvalue weighted by Gasteiger charge is 2.31. The monoisotopic (exact) mass is 323 g/mol. The largest absolute Gasteiger partial charge is 0.351 e. The number of fused-ring (bicyclic) bond motifs is 1. The van der Waals surface area contributed by atoms with Crippen LogP contribution in [0, 0.1) is 0 Å². The average Bonchev–Trinajstić information content (AvgIpc) is 2.60. The number of nitrogens with two attached hydrogens (primary N) is 1. The van der Waals surface area contributed by atoms with Crippen molar-refractivity contribution in [3.8, 4) is 0 Å². The van der Waals surface area contributed by atoms with Crippen LogP contribution in [0.3, 0.4) is 0 Å². The minimum absolute atomic E-state index is 0.194. The highest BCUT2D eigenvalue weighted by molar-refractivity contribution is 5.96. The molecule has 3 N–H and O–H groups in total. The number of nitrogens with one attached hydrogen (secondary N) is 1. The maximum Gasteiger partial charge on any atom is 0.318 e. The van der Waals surface area contributed by atoms with Gasteiger partial charge in [-0.2, -0.15) is 0 Å². The molecule has 0 radical (unpaired) electrons. The van der Waals surface area contributed by atoms with E-state index in [1.54, 1.807) is 6.92 Å². The second kappa shape index (κ2) is 6.84. The Morgan fingerprint density at radius 2 is 1.79 bits per heavy atom. The van der Waals surface area contributed by atoms with E-state index in [4.69, 9.17) is 5.73 Å². The summed E-state index contributed by atoms with van der Waals surface area (Å²) in [6.07, 6.45) is 0. The van der Waals surface area contributed by atoms with Crippen LogP contribution >= 0.6 is 0 Å². The fourth-order valence-corrected chi connectivity index (χ4v) is 3.29. The Bertz CT molecular complexity index is 745. The molecule has 5 heteroatoms. The predicted molar refractivity (Wildman–Crippen MR) is 92.3 cm³/mol. The number of hydrogen-bond acceptors (Lipinski definition) is 3. The maximum absolute atomic E-state index is 12.2. The van der Waals surface area contributed by atoms with E-state index in [1.807, 2.05) is 30.3 Å². The first-order valence-corrected chi connectivity index (χ1v) is 8.03. The molecular formula is C19H21N3O2. The van der Waals surface area contributed by atoms with Gasteiger partial charge in [-0.15, -0.1) is 0 Å². The number of rotatable bonds is 3. The van der Waals surface area contributed by atoms with E-state index in [0.29, 0.717) is 13.1 Å². The van der Waals surface area contributed by atoms with Gasteiger partial charge in [0.15, 0.2) is 0 Å². The number of urea groups is 1. The first-order chi connectivity index (χ1) is 11.6. The number of carbonyl (C=O) groups is 2. The van der Waals surface area contributed by atoms with Crippen LogP contribution in [0.2, 0.25) is 0 Å². The molecule has 0 saturated carbocycles. The zero-order chi connectivity index (χ0) is 17.1. The van der Waals surface area contributed by atoms with Gasteiger partial charge in [0.1, 0.15) is 0 Å². The predicted octanol–water partition coefficient (Wildman–Crippen LogP) is 2.22. The van der Waals surface area contributed by atoms with Gasteiger partial charge >= 0.3 is 6.03 Å². The number of imide groups is 1. The van der Waals surface area contributed by atoms with Crippen LogP contribution in [0.4, 0.5) is 4.79 Å². The molecule has 1 heterocycles. The van der Waals surface area contributed by atoms with Crippen LogP contribution in [0.1, 0.15) is 29.5 Å². The van der Waals surface area contributed by atoms with Gasteiger partial charge in [0.2, 0.25) is 5.91 Å². The lowest BCUT2D eigenvalue weighted by Crippen LogP contribution is -2.50. The summed E-state index contributed by atoms with van der Waals surface area (Å²) in [4.78, 5) is 25.2. The Balaban J connectivity index is 1.90. The van der Waals surface area contributed by atoms with Gasteiger partial charge in [-0.25, -0.2) is 4.79 Å². The number of amides is 3. The summed E-state index contributed by atoms with van der Waals surface area (Å²) in [5, 5.41) is 2.18. The molecule has 0 aliphatic carbocycles. The van der Waals surface area contributed by atoms with E-state index in [2.05, 4.69) is 34.5 Å². The van der Waals surface area contributed by atoms with Crippen molar-refractivity contribution in [1.82, 2.24) is 10.2 Å². The van der Waals surface area contributed by atoms with Gasteiger partial charge in [0.05, 0.1) is 6.04 Å². The number of nitrogens with zero attached hydrogens (tertiary/aromatic N) is 1. The quantitative estimate of drug-likeness (QED) is 0.909. The molecule has 3 rings (SSSR count). The van der Waals surface area contributed by atoms with Crippen LogP contribution < -0.4 is 11.1 Å². The molecule has 0 aromatic heterocycles. The summed E-state index contributed by atoms with van der Waals surface area (Å²) < 4.78 is 0. The van der Waals surface area contributed by atoms with Gasteiger partial charge in [0.25, 0.3) is 0 Å². The molecule has 3 amide bonds. The fourth-order valence-electron chi connectivity index (χ4n) is 3.29. The summed E-state index contributed by atoms with van der Waals surface area (Å²) in [5.74, 6) is -0.173. The Morgan fingerprint density at radius 3 is 2.50 bits per heavy atom. The smallest absolute Gasteiger partial charge is 0.318 e. The van der Waals surface area contributed by atoms with E-state index >= 15 is 0 Å². The Hall–Kier alpha value is -2.66. The van der Waals surface area contributed by atoms with Crippen molar-refractivity contribution >= 4 is 11.9 Å². The van der Waals surface area contributed by atoms with Crippen molar-refractivity contribution in [2.75, 3.05) is 6.54 Å². The fraction of sp³-hybridized carbons (Fsp3) is 0.263. The molecule has 1 aliphatic heterocycles. The molecule has 0 unspecified atom stereocenters. The number of primary amides is 1. The number of benzene rings is 2. The molecule has 2 aromatic rings. The van der Waals surface area contributed by atoms with Crippen LogP contribution in [-0.2, 0) is 11.3 Å². The molecule has 2 atom stereocenters.